The number of carbonyl (C=O) groups is 1. The lowest BCUT2D eigenvalue weighted by molar-refractivity contribution is 0.0774. The SMILES string of the molecule is CN(Cc1nccc(N)n1)[C@@H]1CCN(C(=O)c2ccc(F)cc2F)C1. The van der Waals surface area contributed by atoms with E-state index >= 15 is 0 Å². The summed E-state index contributed by atoms with van der Waals surface area (Å²) in [6.07, 6.45) is 2.36. The van der Waals surface area contributed by atoms with E-state index in [1.807, 2.05) is 11.9 Å². The first-order chi connectivity index (χ1) is 11.9. The van der Waals surface area contributed by atoms with Gasteiger partial charge in [0.1, 0.15) is 23.3 Å². The zero-order valence-corrected chi connectivity index (χ0v) is 13.8. The Morgan fingerprint density at radius 1 is 1.40 bits per heavy atom. The van der Waals surface area contributed by atoms with Gasteiger partial charge in [0.2, 0.25) is 0 Å². The number of likely N-dealkylation sites (tertiary alicyclic amines) is 1. The summed E-state index contributed by atoms with van der Waals surface area (Å²) in [5.41, 5.74) is 5.55. The summed E-state index contributed by atoms with van der Waals surface area (Å²) in [6, 6.07) is 4.73. The van der Waals surface area contributed by atoms with Gasteiger partial charge in [-0.25, -0.2) is 18.7 Å². The average molecular weight is 347 g/mol. The number of halogens is 2. The van der Waals surface area contributed by atoms with Crippen molar-refractivity contribution in [3.05, 3.63) is 53.5 Å². The van der Waals surface area contributed by atoms with E-state index in [0.29, 0.717) is 31.3 Å². The lowest BCUT2D eigenvalue weighted by atomic mass is 10.2. The third-order valence-electron chi connectivity index (χ3n) is 4.35. The van der Waals surface area contributed by atoms with E-state index in [-0.39, 0.29) is 11.6 Å². The third-order valence-corrected chi connectivity index (χ3v) is 4.35. The van der Waals surface area contributed by atoms with Crippen LogP contribution in [0, 0.1) is 11.6 Å². The first-order valence-electron chi connectivity index (χ1n) is 7.96. The molecular formula is C17H19F2N5O. The molecule has 1 fully saturated rings. The van der Waals surface area contributed by atoms with Crippen molar-refractivity contribution in [2.75, 3.05) is 25.9 Å². The van der Waals surface area contributed by atoms with Gasteiger partial charge in [-0.1, -0.05) is 0 Å². The predicted octanol–water partition coefficient (Wildman–Crippen LogP) is 1.68. The van der Waals surface area contributed by atoms with Crippen molar-refractivity contribution in [1.82, 2.24) is 19.8 Å². The van der Waals surface area contributed by atoms with Crippen LogP contribution in [0.15, 0.2) is 30.5 Å². The van der Waals surface area contributed by atoms with Gasteiger partial charge in [0, 0.05) is 31.4 Å². The maximum absolute atomic E-state index is 13.8. The number of hydrogen-bond donors (Lipinski definition) is 1. The smallest absolute Gasteiger partial charge is 0.256 e. The summed E-state index contributed by atoms with van der Waals surface area (Å²) >= 11 is 0. The molecule has 0 unspecified atom stereocenters. The molecule has 2 heterocycles. The van der Waals surface area contributed by atoms with Crippen LogP contribution in [0.2, 0.25) is 0 Å². The monoisotopic (exact) mass is 347 g/mol. The molecular weight excluding hydrogens is 328 g/mol. The molecule has 0 radical (unpaired) electrons. The minimum atomic E-state index is -0.838. The van der Waals surface area contributed by atoms with Gasteiger partial charge in [-0.2, -0.15) is 0 Å². The Bertz CT molecular complexity index is 785. The summed E-state index contributed by atoms with van der Waals surface area (Å²) in [5, 5.41) is 0. The maximum atomic E-state index is 13.8. The summed E-state index contributed by atoms with van der Waals surface area (Å²) in [6.45, 7) is 1.49. The van der Waals surface area contributed by atoms with E-state index in [2.05, 4.69) is 9.97 Å². The number of carbonyl (C=O) groups excluding carboxylic acids is 1. The Kier molecular flexibility index (Phi) is 4.89. The molecule has 3 rings (SSSR count). The van der Waals surface area contributed by atoms with Crippen molar-refractivity contribution in [3.63, 3.8) is 0 Å². The van der Waals surface area contributed by atoms with E-state index in [4.69, 9.17) is 5.73 Å². The van der Waals surface area contributed by atoms with Crippen molar-refractivity contribution in [1.29, 1.82) is 0 Å². The predicted molar refractivity (Wildman–Crippen MR) is 88.6 cm³/mol. The van der Waals surface area contributed by atoms with E-state index < -0.39 is 17.5 Å². The van der Waals surface area contributed by atoms with E-state index in [1.54, 1.807) is 17.2 Å². The largest absolute Gasteiger partial charge is 0.384 e. The highest BCUT2D eigenvalue weighted by Gasteiger charge is 2.30. The zero-order valence-electron chi connectivity index (χ0n) is 13.8. The summed E-state index contributed by atoms with van der Waals surface area (Å²) in [5.74, 6) is -0.941. The first kappa shape index (κ1) is 17.2. The lowest BCUT2D eigenvalue weighted by Crippen LogP contribution is -2.36. The normalized spacial score (nSPS) is 17.3. The van der Waals surface area contributed by atoms with Crippen LogP contribution in [0.3, 0.4) is 0 Å². The Hall–Kier alpha value is -2.61. The fourth-order valence-electron chi connectivity index (χ4n) is 2.96. The van der Waals surface area contributed by atoms with Crippen LogP contribution in [0.25, 0.3) is 0 Å². The van der Waals surface area contributed by atoms with Gasteiger partial charge in [-0.15, -0.1) is 0 Å². The van der Waals surface area contributed by atoms with Gasteiger partial charge in [0.05, 0.1) is 12.1 Å². The van der Waals surface area contributed by atoms with Crippen LogP contribution in [0.5, 0.6) is 0 Å². The van der Waals surface area contributed by atoms with E-state index in [0.717, 1.165) is 18.6 Å². The number of rotatable bonds is 4. The van der Waals surface area contributed by atoms with Crippen LogP contribution in [-0.2, 0) is 6.54 Å². The second-order valence-electron chi connectivity index (χ2n) is 6.13. The minimum Gasteiger partial charge on any atom is -0.384 e. The molecule has 8 heteroatoms. The summed E-state index contributed by atoms with van der Waals surface area (Å²) in [4.78, 5) is 24.4. The number of hydrogen-bond acceptors (Lipinski definition) is 5. The van der Waals surface area contributed by atoms with Crippen LogP contribution >= 0.6 is 0 Å². The standard InChI is InChI=1S/C17H19F2N5O/c1-23(10-16-21-6-4-15(20)22-16)12-5-7-24(9-12)17(25)13-3-2-11(18)8-14(13)19/h2-4,6,8,12H,5,7,9-10H2,1H3,(H2,20,21,22)/t12-/m1/s1. The molecule has 1 amide bonds. The lowest BCUT2D eigenvalue weighted by Gasteiger charge is -2.24. The number of amides is 1. The van der Waals surface area contributed by atoms with Crippen molar-refractivity contribution >= 4 is 11.7 Å². The van der Waals surface area contributed by atoms with Crippen LogP contribution < -0.4 is 5.73 Å². The number of anilines is 1. The van der Waals surface area contributed by atoms with Gasteiger partial charge in [-0.3, -0.25) is 9.69 Å². The zero-order chi connectivity index (χ0) is 18.0. The number of nitrogens with two attached hydrogens (primary N) is 1. The summed E-state index contributed by atoms with van der Waals surface area (Å²) < 4.78 is 26.8. The summed E-state index contributed by atoms with van der Waals surface area (Å²) in [7, 11) is 1.92. The molecule has 1 aliphatic rings. The van der Waals surface area contributed by atoms with Gasteiger partial charge in [0.25, 0.3) is 5.91 Å². The van der Waals surface area contributed by atoms with Gasteiger partial charge in [0.15, 0.2) is 0 Å². The Morgan fingerprint density at radius 3 is 2.92 bits per heavy atom. The molecule has 1 saturated heterocycles. The number of benzene rings is 1. The molecule has 1 atom stereocenters. The quantitative estimate of drug-likeness (QED) is 0.911. The highest BCUT2D eigenvalue weighted by atomic mass is 19.1. The topological polar surface area (TPSA) is 75.4 Å². The Labute approximate surface area is 144 Å². The number of likely N-dealkylation sites (N-methyl/N-ethyl adjacent to an activating group) is 1. The first-order valence-corrected chi connectivity index (χ1v) is 7.96. The van der Waals surface area contributed by atoms with Crippen molar-refractivity contribution in [3.8, 4) is 0 Å². The van der Waals surface area contributed by atoms with Crippen molar-refractivity contribution in [2.24, 2.45) is 0 Å². The molecule has 2 N–H and O–H groups in total. The minimum absolute atomic E-state index is 0.108. The molecule has 1 aromatic heterocycles. The van der Waals surface area contributed by atoms with Gasteiger partial charge in [-0.05, 0) is 31.7 Å². The van der Waals surface area contributed by atoms with E-state index in [1.165, 1.54) is 6.07 Å². The van der Waals surface area contributed by atoms with E-state index in [9.17, 15) is 13.6 Å². The molecule has 0 aliphatic carbocycles. The second-order valence-corrected chi connectivity index (χ2v) is 6.13. The van der Waals surface area contributed by atoms with Crippen molar-refractivity contribution in [2.45, 2.75) is 19.0 Å². The highest BCUT2D eigenvalue weighted by molar-refractivity contribution is 5.94. The Balaban J connectivity index is 1.63. The molecule has 0 bridgehead atoms. The average Bonchev–Trinajstić information content (AvgIpc) is 3.04. The molecule has 1 aliphatic heterocycles. The molecule has 1 aromatic carbocycles. The molecule has 0 spiro atoms. The number of aromatic nitrogens is 2. The molecule has 6 nitrogen and oxygen atoms in total. The fraction of sp³-hybridized carbons (Fsp3) is 0.353. The van der Waals surface area contributed by atoms with Crippen LogP contribution in [0.1, 0.15) is 22.6 Å². The number of nitrogen functional groups attached to an aromatic ring is 1. The maximum Gasteiger partial charge on any atom is 0.256 e. The van der Waals surface area contributed by atoms with Crippen LogP contribution in [0.4, 0.5) is 14.6 Å². The highest BCUT2D eigenvalue weighted by Crippen LogP contribution is 2.20. The van der Waals surface area contributed by atoms with Crippen LogP contribution in [-0.4, -0.2) is 51.9 Å². The fourth-order valence-corrected chi connectivity index (χ4v) is 2.96. The van der Waals surface area contributed by atoms with Gasteiger partial charge < -0.3 is 10.6 Å². The molecule has 0 saturated carbocycles. The number of nitrogens with zero attached hydrogens (tertiary/aromatic N) is 4. The Morgan fingerprint density at radius 2 is 2.20 bits per heavy atom. The van der Waals surface area contributed by atoms with Crippen molar-refractivity contribution < 1.29 is 13.6 Å². The molecule has 132 valence electrons. The molecule has 25 heavy (non-hydrogen) atoms. The third kappa shape index (κ3) is 3.90. The molecule has 2 aromatic rings. The second kappa shape index (κ2) is 7.10. The van der Waals surface area contributed by atoms with Gasteiger partial charge >= 0.3 is 0 Å².